The maximum Gasteiger partial charge on any atom is 0.536 e. The van der Waals surface area contributed by atoms with Gasteiger partial charge in [0.2, 0.25) is 0 Å². The zero-order valence-corrected chi connectivity index (χ0v) is 31.3. The second-order valence-corrected chi connectivity index (χ2v) is 15.8. The van der Waals surface area contributed by atoms with E-state index in [2.05, 4.69) is 166 Å². The van der Waals surface area contributed by atoms with Crippen molar-refractivity contribution >= 4 is 48.1 Å². The van der Waals surface area contributed by atoms with Crippen molar-refractivity contribution in [3.05, 3.63) is 161 Å². The highest BCUT2D eigenvalue weighted by atomic mass is 28.4. The fourth-order valence-corrected chi connectivity index (χ4v) is 8.31. The van der Waals surface area contributed by atoms with Gasteiger partial charge in [-0.3, -0.25) is 0 Å². The molecule has 0 aliphatic carbocycles. The minimum Gasteiger partial charge on any atom is -0.373 e. The van der Waals surface area contributed by atoms with Crippen molar-refractivity contribution < 1.29 is 13.3 Å². The van der Waals surface area contributed by atoms with Gasteiger partial charge in [0, 0.05) is 60.6 Å². The summed E-state index contributed by atoms with van der Waals surface area (Å²) >= 11 is 0. The van der Waals surface area contributed by atoms with E-state index in [4.69, 9.17) is 13.3 Å². The Morgan fingerprint density at radius 3 is 0.960 bits per heavy atom. The molecule has 5 nitrogen and oxygen atoms in total. The van der Waals surface area contributed by atoms with Crippen molar-refractivity contribution in [2.24, 2.45) is 0 Å². The zero-order chi connectivity index (χ0) is 35.4. The van der Waals surface area contributed by atoms with Gasteiger partial charge in [-0.2, -0.15) is 0 Å². The molecule has 254 valence electrons. The Labute approximate surface area is 298 Å². The van der Waals surface area contributed by atoms with Gasteiger partial charge < -0.3 is 23.1 Å². The van der Waals surface area contributed by atoms with Gasteiger partial charge in [-0.1, -0.05) is 77.4 Å². The number of anilines is 6. The van der Waals surface area contributed by atoms with Crippen LogP contribution in [0.5, 0.6) is 0 Å². The molecule has 50 heavy (non-hydrogen) atoms. The summed E-state index contributed by atoms with van der Waals surface area (Å²) in [5.74, 6) is 0. The van der Waals surface area contributed by atoms with Gasteiger partial charge in [-0.05, 0) is 130 Å². The van der Waals surface area contributed by atoms with E-state index < -0.39 is 8.80 Å². The van der Waals surface area contributed by atoms with Crippen LogP contribution in [-0.4, -0.2) is 30.1 Å². The molecular weight excluding hydrogens is 633 g/mol. The predicted molar refractivity (Wildman–Crippen MR) is 211 cm³/mol. The SMILES string of the molecule is CO[Si](OC)(OC)c1ccc(N(c2ccc(C)cc2)c2ccc(-c3ccc(N(c4ccc(C)cc4)c4ccc(C)cc4)c(C)c3)cc2C)cc1. The van der Waals surface area contributed by atoms with Crippen LogP contribution in [-0.2, 0) is 13.3 Å². The van der Waals surface area contributed by atoms with Gasteiger partial charge in [0.05, 0.1) is 0 Å². The molecule has 0 aliphatic heterocycles. The van der Waals surface area contributed by atoms with E-state index in [0.717, 1.165) is 39.3 Å². The van der Waals surface area contributed by atoms with E-state index in [0.29, 0.717) is 0 Å². The van der Waals surface area contributed by atoms with Crippen LogP contribution in [0.1, 0.15) is 27.8 Å². The van der Waals surface area contributed by atoms with Crippen LogP contribution in [0.3, 0.4) is 0 Å². The van der Waals surface area contributed by atoms with Crippen LogP contribution < -0.4 is 15.0 Å². The highest BCUT2D eigenvalue weighted by Crippen LogP contribution is 2.41. The summed E-state index contributed by atoms with van der Waals surface area (Å²) in [5.41, 5.74) is 15.1. The second-order valence-electron chi connectivity index (χ2n) is 12.9. The van der Waals surface area contributed by atoms with Crippen LogP contribution >= 0.6 is 0 Å². The third-order valence-corrected chi connectivity index (χ3v) is 12.0. The van der Waals surface area contributed by atoms with E-state index >= 15 is 0 Å². The Kier molecular flexibility index (Phi) is 10.4. The summed E-state index contributed by atoms with van der Waals surface area (Å²) in [5, 5.41) is 0.909. The Morgan fingerprint density at radius 2 is 0.680 bits per heavy atom. The van der Waals surface area contributed by atoms with Crippen molar-refractivity contribution in [2.75, 3.05) is 31.1 Å². The van der Waals surface area contributed by atoms with Crippen LogP contribution in [0, 0.1) is 34.6 Å². The molecule has 0 atom stereocenters. The molecule has 0 N–H and O–H groups in total. The number of hydrogen-bond donors (Lipinski definition) is 0. The second kappa shape index (κ2) is 14.9. The Balaban J connectivity index is 1.37. The first-order valence-electron chi connectivity index (χ1n) is 16.9. The smallest absolute Gasteiger partial charge is 0.373 e. The Bertz CT molecular complexity index is 2000. The van der Waals surface area contributed by atoms with E-state index in [1.807, 2.05) is 12.1 Å². The first kappa shape index (κ1) is 34.9. The normalized spacial score (nSPS) is 11.4. The fraction of sp³-hybridized carbons (Fsp3) is 0.182. The average Bonchev–Trinajstić information content (AvgIpc) is 3.13. The van der Waals surface area contributed by atoms with E-state index in [-0.39, 0.29) is 0 Å². The molecule has 0 aliphatic rings. The zero-order valence-electron chi connectivity index (χ0n) is 30.3. The third-order valence-electron chi connectivity index (χ3n) is 9.37. The minimum absolute atomic E-state index is 0.909. The topological polar surface area (TPSA) is 34.2 Å². The lowest BCUT2D eigenvalue weighted by Crippen LogP contribution is -2.54. The largest absolute Gasteiger partial charge is 0.536 e. The first-order valence-corrected chi connectivity index (χ1v) is 18.7. The standard InChI is InChI=1S/C44H46N2O3Si/c1-31-9-17-38(18-10-31)45(39-19-11-32(2)12-20-39)43-27-15-36(29-34(43)4)37-16-28-44(35(5)30-37)46(40-21-13-33(3)14-22-40)41-23-25-42(26-24-41)50(47-6,48-7)49-8/h9-30H,1-8H3. The van der Waals surface area contributed by atoms with Crippen molar-refractivity contribution in [1.29, 1.82) is 0 Å². The number of hydrogen-bond acceptors (Lipinski definition) is 5. The lowest BCUT2D eigenvalue weighted by molar-refractivity contribution is 0.140. The van der Waals surface area contributed by atoms with Crippen molar-refractivity contribution in [2.45, 2.75) is 34.6 Å². The summed E-state index contributed by atoms with van der Waals surface area (Å²) in [4.78, 5) is 4.64. The molecule has 0 saturated carbocycles. The molecule has 0 radical (unpaired) electrons. The third kappa shape index (κ3) is 7.02. The Hall–Kier alpha value is -4.98. The summed E-state index contributed by atoms with van der Waals surface area (Å²) in [6.07, 6.45) is 0. The Morgan fingerprint density at radius 1 is 0.380 bits per heavy atom. The molecule has 0 aromatic heterocycles. The van der Waals surface area contributed by atoms with Gasteiger partial charge in [0.15, 0.2) is 0 Å². The van der Waals surface area contributed by atoms with Gasteiger partial charge in [0.25, 0.3) is 0 Å². The summed E-state index contributed by atoms with van der Waals surface area (Å²) < 4.78 is 17.2. The molecule has 0 bridgehead atoms. The molecule has 0 unspecified atom stereocenters. The van der Waals surface area contributed by atoms with E-state index in [9.17, 15) is 0 Å². The highest BCUT2D eigenvalue weighted by molar-refractivity contribution is 6.75. The number of rotatable bonds is 11. The van der Waals surface area contributed by atoms with Crippen molar-refractivity contribution in [3.63, 3.8) is 0 Å². The van der Waals surface area contributed by atoms with Crippen LogP contribution in [0.4, 0.5) is 34.1 Å². The summed E-state index contributed by atoms with van der Waals surface area (Å²) in [6.45, 7) is 10.8. The van der Waals surface area contributed by atoms with Gasteiger partial charge >= 0.3 is 8.80 Å². The average molecular weight is 679 g/mol. The first-order chi connectivity index (χ1) is 24.2. The molecule has 6 aromatic rings. The van der Waals surface area contributed by atoms with Gasteiger partial charge in [0.1, 0.15) is 0 Å². The molecule has 6 aromatic carbocycles. The van der Waals surface area contributed by atoms with Crippen molar-refractivity contribution in [1.82, 2.24) is 0 Å². The maximum atomic E-state index is 5.74. The van der Waals surface area contributed by atoms with E-state index in [1.165, 1.54) is 38.9 Å². The fourth-order valence-electron chi connectivity index (χ4n) is 6.53. The van der Waals surface area contributed by atoms with Crippen LogP contribution in [0.15, 0.2) is 133 Å². The summed E-state index contributed by atoms with van der Waals surface area (Å²) in [6, 6.07) is 48.0. The van der Waals surface area contributed by atoms with Gasteiger partial charge in [-0.25, -0.2) is 0 Å². The monoisotopic (exact) mass is 678 g/mol. The molecular formula is C44H46N2O3Si. The van der Waals surface area contributed by atoms with E-state index in [1.54, 1.807) is 21.3 Å². The quantitative estimate of drug-likeness (QED) is 0.127. The molecule has 6 rings (SSSR count). The van der Waals surface area contributed by atoms with Crippen molar-refractivity contribution in [3.8, 4) is 11.1 Å². The lowest BCUT2D eigenvalue weighted by atomic mass is 9.98. The number of aryl methyl sites for hydroxylation is 5. The van der Waals surface area contributed by atoms with Gasteiger partial charge in [-0.15, -0.1) is 0 Å². The molecule has 0 fully saturated rings. The maximum absolute atomic E-state index is 5.74. The number of nitrogens with zero attached hydrogens (tertiary/aromatic N) is 2. The lowest BCUT2D eigenvalue weighted by Gasteiger charge is -2.29. The molecule has 0 amide bonds. The minimum atomic E-state index is -2.95. The van der Waals surface area contributed by atoms with Crippen LogP contribution in [0.25, 0.3) is 11.1 Å². The molecule has 0 heterocycles. The highest BCUT2D eigenvalue weighted by Gasteiger charge is 2.40. The number of benzene rings is 6. The molecule has 6 heteroatoms. The predicted octanol–water partition coefficient (Wildman–Crippen LogP) is 10.9. The molecule has 0 saturated heterocycles. The summed E-state index contributed by atoms with van der Waals surface area (Å²) in [7, 11) is 1.95. The molecule has 0 spiro atoms. The van der Waals surface area contributed by atoms with Crippen LogP contribution in [0.2, 0.25) is 0 Å².